The maximum atomic E-state index is 5.53. The van der Waals surface area contributed by atoms with Gasteiger partial charge < -0.3 is 10.1 Å². The van der Waals surface area contributed by atoms with Crippen LogP contribution in [0, 0.1) is 12.3 Å². The van der Waals surface area contributed by atoms with Gasteiger partial charge in [-0.15, -0.1) is 6.42 Å². The maximum Gasteiger partial charge on any atom is 0.148 e. The van der Waals surface area contributed by atoms with E-state index in [-0.39, 0.29) is 12.6 Å². The summed E-state index contributed by atoms with van der Waals surface area (Å²) in [6.45, 7) is 2.91. The Kier molecular flexibility index (Phi) is 5.16. The third-order valence-electron chi connectivity index (χ3n) is 2.78. The summed E-state index contributed by atoms with van der Waals surface area (Å²) in [5.74, 6) is 4.05. The van der Waals surface area contributed by atoms with Gasteiger partial charge in [-0.1, -0.05) is 21.9 Å². The van der Waals surface area contributed by atoms with E-state index in [1.807, 2.05) is 25.1 Å². The Labute approximate surface area is 126 Å². The fourth-order valence-electron chi connectivity index (χ4n) is 1.73. The molecule has 5 nitrogen and oxygen atoms in total. The number of rotatable bonds is 6. The Balaban J connectivity index is 2.04. The van der Waals surface area contributed by atoms with Crippen molar-refractivity contribution < 1.29 is 4.74 Å². The zero-order chi connectivity index (χ0) is 14.4. The molecule has 0 aliphatic heterocycles. The van der Waals surface area contributed by atoms with Crippen LogP contribution in [-0.2, 0) is 6.54 Å². The van der Waals surface area contributed by atoms with Crippen molar-refractivity contribution in [2.75, 3.05) is 6.61 Å². The normalized spacial score (nSPS) is 11.8. The van der Waals surface area contributed by atoms with Gasteiger partial charge in [-0.05, 0) is 25.1 Å². The molecule has 6 heteroatoms. The molecule has 20 heavy (non-hydrogen) atoms. The monoisotopic (exact) mass is 334 g/mol. The zero-order valence-corrected chi connectivity index (χ0v) is 12.6. The molecule has 2 rings (SSSR count). The molecule has 2 N–H and O–H groups in total. The quantitative estimate of drug-likeness (QED) is 0.796. The minimum atomic E-state index is 0.0666. The number of aromatic nitrogens is 3. The van der Waals surface area contributed by atoms with E-state index >= 15 is 0 Å². The van der Waals surface area contributed by atoms with E-state index in [1.165, 1.54) is 6.33 Å². The van der Waals surface area contributed by atoms with E-state index in [0.717, 1.165) is 21.6 Å². The summed E-state index contributed by atoms with van der Waals surface area (Å²) >= 11 is 3.46. The molecule has 0 saturated carbocycles. The highest BCUT2D eigenvalue weighted by Gasteiger charge is 2.10. The number of nitrogens with zero attached hydrogens (tertiary/aromatic N) is 2. The molecule has 0 aliphatic carbocycles. The lowest BCUT2D eigenvalue weighted by Crippen LogP contribution is -2.19. The molecule has 0 amide bonds. The molecule has 0 fully saturated rings. The first-order valence-corrected chi connectivity index (χ1v) is 6.93. The van der Waals surface area contributed by atoms with Crippen LogP contribution in [0.1, 0.15) is 24.4 Å². The van der Waals surface area contributed by atoms with E-state index in [4.69, 9.17) is 11.2 Å². The molecule has 2 aromatic rings. The Morgan fingerprint density at radius 2 is 2.40 bits per heavy atom. The first kappa shape index (κ1) is 14.6. The number of hydrogen-bond acceptors (Lipinski definition) is 4. The first-order chi connectivity index (χ1) is 9.70. The standard InChI is InChI=1S/C14H15BrN4O/c1-3-6-20-13-5-4-12(15)7-11(13)8-16-10(2)14-17-9-18-19-14/h1,4-5,7,9-10,16H,6,8H2,2H3,(H,17,18,19). The number of terminal acetylenes is 1. The Morgan fingerprint density at radius 3 is 3.10 bits per heavy atom. The lowest BCUT2D eigenvalue weighted by molar-refractivity contribution is 0.363. The number of ether oxygens (including phenoxy) is 1. The highest BCUT2D eigenvalue weighted by molar-refractivity contribution is 9.10. The fourth-order valence-corrected chi connectivity index (χ4v) is 2.14. The smallest absolute Gasteiger partial charge is 0.148 e. The van der Waals surface area contributed by atoms with Crippen LogP contribution in [-0.4, -0.2) is 21.8 Å². The third-order valence-corrected chi connectivity index (χ3v) is 3.27. The van der Waals surface area contributed by atoms with E-state index in [2.05, 4.69) is 42.3 Å². The number of benzene rings is 1. The van der Waals surface area contributed by atoms with Crippen LogP contribution in [0.15, 0.2) is 29.0 Å². The third kappa shape index (κ3) is 3.83. The second kappa shape index (κ2) is 7.08. The number of halogens is 1. The summed E-state index contributed by atoms with van der Waals surface area (Å²) in [6.07, 6.45) is 6.72. The van der Waals surface area contributed by atoms with Crippen LogP contribution in [0.3, 0.4) is 0 Å². The molecule has 104 valence electrons. The summed E-state index contributed by atoms with van der Waals surface area (Å²) in [5.41, 5.74) is 1.03. The number of H-pyrrole nitrogens is 1. The van der Waals surface area contributed by atoms with Crippen molar-refractivity contribution in [1.82, 2.24) is 20.5 Å². The van der Waals surface area contributed by atoms with Crippen molar-refractivity contribution in [2.45, 2.75) is 19.5 Å². The SMILES string of the molecule is C#CCOc1ccc(Br)cc1CNC(C)c1ncn[nH]1. The molecular formula is C14H15BrN4O. The van der Waals surface area contributed by atoms with Crippen molar-refractivity contribution in [3.05, 3.63) is 40.4 Å². The van der Waals surface area contributed by atoms with Crippen molar-refractivity contribution in [3.63, 3.8) is 0 Å². The predicted octanol–water partition coefficient (Wildman–Crippen LogP) is 2.43. The molecule has 0 radical (unpaired) electrons. The van der Waals surface area contributed by atoms with Crippen LogP contribution in [0.4, 0.5) is 0 Å². The minimum Gasteiger partial charge on any atom is -0.481 e. The van der Waals surface area contributed by atoms with Crippen LogP contribution >= 0.6 is 15.9 Å². The zero-order valence-electron chi connectivity index (χ0n) is 11.1. The van der Waals surface area contributed by atoms with E-state index in [0.29, 0.717) is 6.54 Å². The molecule has 0 bridgehead atoms. The molecular weight excluding hydrogens is 320 g/mol. The van der Waals surface area contributed by atoms with Crippen LogP contribution in [0.25, 0.3) is 0 Å². The minimum absolute atomic E-state index is 0.0666. The molecule has 1 aromatic heterocycles. The van der Waals surface area contributed by atoms with Gasteiger partial charge in [0.25, 0.3) is 0 Å². The summed E-state index contributed by atoms with van der Waals surface area (Å²) in [6, 6.07) is 5.90. The molecule has 1 atom stereocenters. The fraction of sp³-hybridized carbons (Fsp3) is 0.286. The summed E-state index contributed by atoms with van der Waals surface area (Å²) in [4.78, 5) is 4.12. The van der Waals surface area contributed by atoms with Crippen LogP contribution < -0.4 is 10.1 Å². The van der Waals surface area contributed by atoms with Crippen LogP contribution in [0.5, 0.6) is 5.75 Å². The largest absolute Gasteiger partial charge is 0.481 e. The predicted molar refractivity (Wildman–Crippen MR) is 80.1 cm³/mol. The van der Waals surface area contributed by atoms with Gasteiger partial charge in [-0.25, -0.2) is 4.98 Å². The van der Waals surface area contributed by atoms with Gasteiger partial charge in [0, 0.05) is 16.6 Å². The van der Waals surface area contributed by atoms with Gasteiger partial charge in [-0.3, -0.25) is 5.10 Å². The molecule has 1 aromatic carbocycles. The Morgan fingerprint density at radius 1 is 1.55 bits per heavy atom. The second-order valence-electron chi connectivity index (χ2n) is 4.22. The van der Waals surface area contributed by atoms with Gasteiger partial charge in [-0.2, -0.15) is 5.10 Å². The van der Waals surface area contributed by atoms with Gasteiger partial charge in [0.05, 0.1) is 6.04 Å². The molecule has 0 saturated heterocycles. The second-order valence-corrected chi connectivity index (χ2v) is 5.13. The highest BCUT2D eigenvalue weighted by Crippen LogP contribution is 2.23. The van der Waals surface area contributed by atoms with E-state index < -0.39 is 0 Å². The topological polar surface area (TPSA) is 62.8 Å². The average Bonchev–Trinajstić information content (AvgIpc) is 2.98. The number of hydrogen-bond donors (Lipinski definition) is 2. The Bertz CT molecular complexity index is 592. The molecule has 0 aliphatic rings. The molecule has 1 unspecified atom stereocenters. The number of nitrogens with one attached hydrogen (secondary N) is 2. The van der Waals surface area contributed by atoms with Gasteiger partial charge in [0.2, 0.25) is 0 Å². The van der Waals surface area contributed by atoms with Gasteiger partial charge in [0.15, 0.2) is 0 Å². The van der Waals surface area contributed by atoms with Crippen molar-refractivity contribution in [1.29, 1.82) is 0 Å². The van der Waals surface area contributed by atoms with Crippen molar-refractivity contribution in [3.8, 4) is 18.1 Å². The summed E-state index contributed by atoms with van der Waals surface area (Å²) in [7, 11) is 0. The van der Waals surface area contributed by atoms with Crippen molar-refractivity contribution >= 4 is 15.9 Å². The first-order valence-electron chi connectivity index (χ1n) is 6.14. The maximum absolute atomic E-state index is 5.53. The average molecular weight is 335 g/mol. The van der Waals surface area contributed by atoms with E-state index in [1.54, 1.807) is 0 Å². The van der Waals surface area contributed by atoms with Gasteiger partial charge >= 0.3 is 0 Å². The summed E-state index contributed by atoms with van der Waals surface area (Å²) < 4.78 is 6.53. The molecule has 1 heterocycles. The summed E-state index contributed by atoms with van der Waals surface area (Å²) in [5, 5.41) is 10.0. The number of aromatic amines is 1. The highest BCUT2D eigenvalue weighted by atomic mass is 79.9. The van der Waals surface area contributed by atoms with Crippen molar-refractivity contribution in [2.24, 2.45) is 0 Å². The van der Waals surface area contributed by atoms with E-state index in [9.17, 15) is 0 Å². The van der Waals surface area contributed by atoms with Gasteiger partial charge in [0.1, 0.15) is 24.5 Å². The lowest BCUT2D eigenvalue weighted by atomic mass is 10.2. The van der Waals surface area contributed by atoms with Crippen LogP contribution in [0.2, 0.25) is 0 Å². The lowest BCUT2D eigenvalue weighted by Gasteiger charge is -2.14. The molecule has 0 spiro atoms. The Hall–Kier alpha value is -1.84.